The van der Waals surface area contributed by atoms with Gasteiger partial charge in [-0.3, -0.25) is 0 Å². The zero-order valence-corrected chi connectivity index (χ0v) is 9.26. The average molecular weight is 189 g/mol. The third-order valence-corrected chi connectivity index (χ3v) is 3.32. The number of aliphatic hydroxyl groups is 1. The Morgan fingerprint density at radius 1 is 1.38 bits per heavy atom. The van der Waals surface area contributed by atoms with E-state index in [1.807, 2.05) is 20.8 Å². The molecule has 2 atom stereocenters. The first kappa shape index (κ1) is 12.9. The van der Waals surface area contributed by atoms with Crippen molar-refractivity contribution in [2.75, 3.05) is 20.3 Å². The second kappa shape index (κ2) is 4.94. The quantitative estimate of drug-likeness (QED) is 0.659. The molecule has 0 bridgehead atoms. The molecule has 0 aromatic heterocycles. The van der Waals surface area contributed by atoms with Gasteiger partial charge in [-0.1, -0.05) is 13.8 Å². The Balaban J connectivity index is 4.37. The molecule has 0 aliphatic heterocycles. The van der Waals surface area contributed by atoms with E-state index in [0.717, 1.165) is 6.42 Å². The molecule has 0 heterocycles. The summed E-state index contributed by atoms with van der Waals surface area (Å²) in [7, 11) is 1.64. The van der Waals surface area contributed by atoms with E-state index in [0.29, 0.717) is 19.6 Å². The van der Waals surface area contributed by atoms with E-state index in [1.165, 1.54) is 0 Å². The summed E-state index contributed by atoms with van der Waals surface area (Å²) in [6.07, 6.45) is 1.51. The second-order valence-electron chi connectivity index (χ2n) is 4.13. The maximum absolute atomic E-state index is 10.2. The molecule has 0 saturated carbocycles. The van der Waals surface area contributed by atoms with E-state index in [4.69, 9.17) is 10.5 Å². The molecule has 0 aromatic rings. The van der Waals surface area contributed by atoms with Gasteiger partial charge in [0.25, 0.3) is 0 Å². The molecule has 0 aliphatic rings. The van der Waals surface area contributed by atoms with Crippen LogP contribution in [0.15, 0.2) is 0 Å². The Morgan fingerprint density at radius 2 is 1.92 bits per heavy atom. The maximum Gasteiger partial charge on any atom is 0.0706 e. The van der Waals surface area contributed by atoms with E-state index >= 15 is 0 Å². The summed E-state index contributed by atoms with van der Waals surface area (Å²) in [6.45, 7) is 6.97. The summed E-state index contributed by atoms with van der Waals surface area (Å²) in [5, 5.41) is 10.2. The van der Waals surface area contributed by atoms with Gasteiger partial charge < -0.3 is 15.6 Å². The molecular formula is C10H23NO2. The first-order valence-corrected chi connectivity index (χ1v) is 4.85. The summed E-state index contributed by atoms with van der Waals surface area (Å²) in [5.74, 6) is 0. The fraction of sp³-hybridized carbons (Fsp3) is 1.00. The molecule has 0 spiro atoms. The van der Waals surface area contributed by atoms with Crippen LogP contribution in [0.25, 0.3) is 0 Å². The van der Waals surface area contributed by atoms with Gasteiger partial charge in [-0.05, 0) is 19.8 Å². The highest BCUT2D eigenvalue weighted by atomic mass is 16.5. The van der Waals surface area contributed by atoms with Crippen molar-refractivity contribution in [1.29, 1.82) is 0 Å². The fourth-order valence-electron chi connectivity index (χ4n) is 1.35. The van der Waals surface area contributed by atoms with Crippen molar-refractivity contribution in [2.45, 2.75) is 39.2 Å². The van der Waals surface area contributed by atoms with Gasteiger partial charge in [-0.2, -0.15) is 0 Å². The molecule has 0 rings (SSSR count). The third kappa shape index (κ3) is 2.93. The van der Waals surface area contributed by atoms with Crippen LogP contribution in [-0.4, -0.2) is 31.0 Å². The first-order chi connectivity index (χ1) is 5.93. The van der Waals surface area contributed by atoms with E-state index < -0.39 is 5.60 Å². The van der Waals surface area contributed by atoms with Crippen LogP contribution in [0.5, 0.6) is 0 Å². The maximum atomic E-state index is 10.2. The first-order valence-electron chi connectivity index (χ1n) is 4.85. The Bertz CT molecular complexity index is 142. The van der Waals surface area contributed by atoms with Gasteiger partial charge in [-0.25, -0.2) is 0 Å². The third-order valence-electron chi connectivity index (χ3n) is 3.32. The lowest BCUT2D eigenvalue weighted by Crippen LogP contribution is -2.49. The van der Waals surface area contributed by atoms with Crippen LogP contribution in [-0.2, 0) is 4.74 Å². The predicted octanol–water partition coefficient (Wildman–Crippen LogP) is 1.15. The fourth-order valence-corrected chi connectivity index (χ4v) is 1.35. The molecule has 13 heavy (non-hydrogen) atoms. The summed E-state index contributed by atoms with van der Waals surface area (Å²) in [5.41, 5.74) is 4.71. The summed E-state index contributed by atoms with van der Waals surface area (Å²) < 4.78 is 4.96. The van der Waals surface area contributed by atoms with Crippen molar-refractivity contribution in [3.8, 4) is 0 Å². The SMILES string of the molecule is CCC(C)(CN)C(C)(O)CCOC. The van der Waals surface area contributed by atoms with Gasteiger partial charge >= 0.3 is 0 Å². The molecule has 0 aromatic carbocycles. The Morgan fingerprint density at radius 3 is 2.23 bits per heavy atom. The standard InChI is InChI=1S/C10H23NO2/c1-5-9(2,8-11)10(3,12)6-7-13-4/h12H,5-8,11H2,1-4H3. The number of hydrogen-bond donors (Lipinski definition) is 2. The van der Waals surface area contributed by atoms with Crippen LogP contribution >= 0.6 is 0 Å². The minimum absolute atomic E-state index is 0.217. The molecule has 0 radical (unpaired) electrons. The van der Waals surface area contributed by atoms with Gasteiger partial charge in [0, 0.05) is 25.7 Å². The predicted molar refractivity (Wildman–Crippen MR) is 54.6 cm³/mol. The van der Waals surface area contributed by atoms with Crippen LogP contribution in [0, 0.1) is 5.41 Å². The molecule has 0 aliphatic carbocycles. The van der Waals surface area contributed by atoms with Crippen molar-refractivity contribution in [3.63, 3.8) is 0 Å². The van der Waals surface area contributed by atoms with Crippen LogP contribution in [0.4, 0.5) is 0 Å². The highest BCUT2D eigenvalue weighted by Gasteiger charge is 2.40. The minimum Gasteiger partial charge on any atom is -0.389 e. The van der Waals surface area contributed by atoms with E-state index in [2.05, 4.69) is 0 Å². The monoisotopic (exact) mass is 189 g/mol. The molecule has 3 heteroatoms. The van der Waals surface area contributed by atoms with Crippen molar-refractivity contribution < 1.29 is 9.84 Å². The molecule has 2 unspecified atom stereocenters. The van der Waals surface area contributed by atoms with Crippen molar-refractivity contribution in [3.05, 3.63) is 0 Å². The molecule has 0 fully saturated rings. The van der Waals surface area contributed by atoms with Crippen LogP contribution in [0.2, 0.25) is 0 Å². The van der Waals surface area contributed by atoms with E-state index in [1.54, 1.807) is 7.11 Å². The second-order valence-corrected chi connectivity index (χ2v) is 4.13. The average Bonchev–Trinajstić information content (AvgIpc) is 2.13. The van der Waals surface area contributed by atoms with Gasteiger partial charge in [0.2, 0.25) is 0 Å². The zero-order valence-electron chi connectivity index (χ0n) is 9.26. The van der Waals surface area contributed by atoms with E-state index in [-0.39, 0.29) is 5.41 Å². The molecular weight excluding hydrogens is 166 g/mol. The molecule has 3 N–H and O–H groups in total. The minimum atomic E-state index is -0.744. The smallest absolute Gasteiger partial charge is 0.0706 e. The van der Waals surface area contributed by atoms with E-state index in [9.17, 15) is 5.11 Å². The highest BCUT2D eigenvalue weighted by molar-refractivity contribution is 4.92. The molecule has 0 saturated heterocycles. The molecule has 3 nitrogen and oxygen atoms in total. The van der Waals surface area contributed by atoms with Crippen molar-refractivity contribution in [2.24, 2.45) is 11.1 Å². The number of rotatable bonds is 6. The number of methoxy groups -OCH3 is 1. The van der Waals surface area contributed by atoms with Gasteiger partial charge in [0.15, 0.2) is 0 Å². The summed E-state index contributed by atoms with van der Waals surface area (Å²) >= 11 is 0. The van der Waals surface area contributed by atoms with Crippen molar-refractivity contribution >= 4 is 0 Å². The summed E-state index contributed by atoms with van der Waals surface area (Å²) in [4.78, 5) is 0. The number of hydrogen-bond acceptors (Lipinski definition) is 3. The largest absolute Gasteiger partial charge is 0.389 e. The zero-order chi connectivity index (χ0) is 10.5. The normalized spacial score (nSPS) is 20.8. The lowest BCUT2D eigenvalue weighted by Gasteiger charge is -2.41. The van der Waals surface area contributed by atoms with Crippen LogP contribution in [0.3, 0.4) is 0 Å². The Hall–Kier alpha value is -0.120. The number of nitrogens with two attached hydrogens (primary N) is 1. The summed E-state index contributed by atoms with van der Waals surface area (Å²) in [6, 6.07) is 0. The van der Waals surface area contributed by atoms with Crippen LogP contribution in [0.1, 0.15) is 33.6 Å². The molecule has 80 valence electrons. The van der Waals surface area contributed by atoms with Gasteiger partial charge in [0.1, 0.15) is 0 Å². The number of ether oxygens (including phenoxy) is 1. The van der Waals surface area contributed by atoms with Gasteiger partial charge in [-0.15, -0.1) is 0 Å². The lowest BCUT2D eigenvalue weighted by atomic mass is 9.71. The topological polar surface area (TPSA) is 55.5 Å². The Kier molecular flexibility index (Phi) is 4.89. The highest BCUT2D eigenvalue weighted by Crippen LogP contribution is 2.35. The van der Waals surface area contributed by atoms with Crippen LogP contribution < -0.4 is 5.73 Å². The van der Waals surface area contributed by atoms with Gasteiger partial charge in [0.05, 0.1) is 5.60 Å². The lowest BCUT2D eigenvalue weighted by molar-refractivity contribution is -0.0762. The van der Waals surface area contributed by atoms with Crippen molar-refractivity contribution in [1.82, 2.24) is 0 Å². The molecule has 0 amide bonds. The Labute approximate surface area is 81.3 Å².